The molecular formula is C23H25NO7. The summed E-state index contributed by atoms with van der Waals surface area (Å²) in [6.07, 6.45) is 0. The molecule has 8 nitrogen and oxygen atoms in total. The summed E-state index contributed by atoms with van der Waals surface area (Å²) < 4.78 is 21.1. The van der Waals surface area contributed by atoms with Crippen LogP contribution in [0.5, 0.6) is 17.2 Å². The van der Waals surface area contributed by atoms with Crippen molar-refractivity contribution in [2.75, 3.05) is 41.6 Å². The van der Waals surface area contributed by atoms with Gasteiger partial charge in [0.1, 0.15) is 28.6 Å². The van der Waals surface area contributed by atoms with E-state index in [9.17, 15) is 14.7 Å². The molecule has 1 aliphatic heterocycles. The number of amides is 1. The number of carbonyl (C=O) groups excluding carboxylic acids is 2. The monoisotopic (exact) mass is 427 g/mol. The van der Waals surface area contributed by atoms with Gasteiger partial charge in [-0.1, -0.05) is 18.2 Å². The molecule has 0 aromatic heterocycles. The molecule has 0 aliphatic carbocycles. The molecule has 164 valence electrons. The molecule has 2 aromatic carbocycles. The van der Waals surface area contributed by atoms with Gasteiger partial charge in [0, 0.05) is 13.7 Å². The van der Waals surface area contributed by atoms with Gasteiger partial charge in [-0.3, -0.25) is 9.59 Å². The molecule has 0 bridgehead atoms. The highest BCUT2D eigenvalue weighted by Crippen LogP contribution is 2.43. The molecule has 2 aromatic rings. The standard InChI is InChI=1S/C23H25NO7/c1-28-13-12-24-20(14-8-10-15(29-2)11-9-14)19(22(26)23(24)27)21(25)18-16(30-3)6-5-7-17(18)31-4/h5-11,20,25H,12-13H2,1-4H3/b21-19+. The zero-order valence-electron chi connectivity index (χ0n) is 17.9. The first kappa shape index (κ1) is 22.2. The van der Waals surface area contributed by atoms with E-state index in [0.29, 0.717) is 22.8 Å². The van der Waals surface area contributed by atoms with Gasteiger partial charge in [-0.2, -0.15) is 0 Å². The van der Waals surface area contributed by atoms with Gasteiger partial charge in [-0.05, 0) is 29.8 Å². The first-order valence-corrected chi connectivity index (χ1v) is 9.61. The number of ketones is 1. The van der Waals surface area contributed by atoms with Crippen LogP contribution in [-0.4, -0.2) is 63.3 Å². The van der Waals surface area contributed by atoms with Crippen LogP contribution in [0.25, 0.3) is 5.76 Å². The van der Waals surface area contributed by atoms with E-state index in [1.54, 1.807) is 49.6 Å². The highest BCUT2D eigenvalue weighted by atomic mass is 16.5. The van der Waals surface area contributed by atoms with Crippen LogP contribution in [0.2, 0.25) is 0 Å². The molecule has 1 saturated heterocycles. The average Bonchev–Trinajstić information content (AvgIpc) is 3.06. The van der Waals surface area contributed by atoms with Crippen molar-refractivity contribution in [2.45, 2.75) is 6.04 Å². The summed E-state index contributed by atoms with van der Waals surface area (Å²) in [5.74, 6) is -0.616. The van der Waals surface area contributed by atoms with Crippen molar-refractivity contribution in [2.24, 2.45) is 0 Å². The Bertz CT molecular complexity index is 975. The van der Waals surface area contributed by atoms with Crippen molar-refractivity contribution in [1.29, 1.82) is 0 Å². The molecule has 8 heteroatoms. The lowest BCUT2D eigenvalue weighted by molar-refractivity contribution is -0.140. The van der Waals surface area contributed by atoms with Crippen molar-refractivity contribution in [1.82, 2.24) is 4.90 Å². The van der Waals surface area contributed by atoms with Crippen molar-refractivity contribution in [3.8, 4) is 17.2 Å². The van der Waals surface area contributed by atoms with E-state index < -0.39 is 17.7 Å². The normalized spacial score (nSPS) is 17.7. The van der Waals surface area contributed by atoms with Crippen molar-refractivity contribution in [3.05, 3.63) is 59.2 Å². The number of methoxy groups -OCH3 is 4. The Morgan fingerprint density at radius 3 is 2.06 bits per heavy atom. The van der Waals surface area contributed by atoms with Gasteiger partial charge in [0.05, 0.1) is 39.6 Å². The SMILES string of the molecule is COCCN1C(=O)C(=O)/C(=C(/O)c2c(OC)cccc2OC)C1c1ccc(OC)cc1. The van der Waals surface area contributed by atoms with E-state index in [2.05, 4.69) is 0 Å². The molecule has 0 saturated carbocycles. The molecule has 1 atom stereocenters. The number of nitrogens with zero attached hydrogens (tertiary/aromatic N) is 1. The number of hydrogen-bond acceptors (Lipinski definition) is 7. The van der Waals surface area contributed by atoms with Gasteiger partial charge in [0.15, 0.2) is 0 Å². The fraction of sp³-hybridized carbons (Fsp3) is 0.304. The topological polar surface area (TPSA) is 94.5 Å². The van der Waals surface area contributed by atoms with Gasteiger partial charge in [-0.15, -0.1) is 0 Å². The third-order valence-electron chi connectivity index (χ3n) is 5.17. The van der Waals surface area contributed by atoms with E-state index in [1.165, 1.54) is 26.2 Å². The Hall–Kier alpha value is -3.52. The van der Waals surface area contributed by atoms with Crippen LogP contribution < -0.4 is 14.2 Å². The first-order chi connectivity index (χ1) is 15.0. The number of ether oxygens (including phenoxy) is 4. The Balaban J connectivity index is 2.24. The maximum Gasteiger partial charge on any atom is 0.295 e. The largest absolute Gasteiger partial charge is 0.506 e. The van der Waals surface area contributed by atoms with Gasteiger partial charge in [-0.25, -0.2) is 0 Å². The van der Waals surface area contributed by atoms with Crippen LogP contribution in [0.3, 0.4) is 0 Å². The van der Waals surface area contributed by atoms with Crippen molar-refractivity contribution >= 4 is 17.4 Å². The number of aliphatic hydroxyl groups excluding tert-OH is 1. The lowest BCUT2D eigenvalue weighted by Crippen LogP contribution is -2.32. The fourth-order valence-electron chi connectivity index (χ4n) is 3.65. The number of likely N-dealkylation sites (tertiary alicyclic amines) is 1. The zero-order chi connectivity index (χ0) is 22.5. The van der Waals surface area contributed by atoms with Crippen LogP contribution in [-0.2, 0) is 14.3 Å². The molecule has 1 heterocycles. The third-order valence-corrected chi connectivity index (χ3v) is 5.17. The molecule has 1 N–H and O–H groups in total. The lowest BCUT2D eigenvalue weighted by Gasteiger charge is -2.25. The van der Waals surface area contributed by atoms with E-state index in [1.807, 2.05) is 0 Å². The highest BCUT2D eigenvalue weighted by Gasteiger charge is 2.46. The van der Waals surface area contributed by atoms with Gasteiger partial charge in [0.25, 0.3) is 11.7 Å². The van der Waals surface area contributed by atoms with E-state index >= 15 is 0 Å². The van der Waals surface area contributed by atoms with Gasteiger partial charge >= 0.3 is 0 Å². The fourth-order valence-corrected chi connectivity index (χ4v) is 3.65. The third kappa shape index (κ3) is 4.06. The van der Waals surface area contributed by atoms with E-state index in [0.717, 1.165) is 0 Å². The zero-order valence-corrected chi connectivity index (χ0v) is 17.9. The second-order valence-corrected chi connectivity index (χ2v) is 6.80. The molecule has 1 fully saturated rings. The van der Waals surface area contributed by atoms with Crippen LogP contribution in [0.15, 0.2) is 48.0 Å². The summed E-state index contributed by atoms with van der Waals surface area (Å²) in [6.45, 7) is 0.412. The van der Waals surface area contributed by atoms with Crippen molar-refractivity contribution in [3.63, 3.8) is 0 Å². The van der Waals surface area contributed by atoms with Crippen molar-refractivity contribution < 1.29 is 33.6 Å². The molecule has 1 aliphatic rings. The maximum atomic E-state index is 13.0. The average molecular weight is 427 g/mol. The minimum absolute atomic E-state index is 0.0472. The number of rotatable bonds is 8. The lowest BCUT2D eigenvalue weighted by atomic mass is 9.94. The van der Waals surface area contributed by atoms with E-state index in [-0.39, 0.29) is 30.0 Å². The quantitative estimate of drug-likeness (QED) is 0.393. The number of benzene rings is 2. The smallest absolute Gasteiger partial charge is 0.295 e. The predicted octanol–water partition coefficient (Wildman–Crippen LogP) is 2.78. The minimum Gasteiger partial charge on any atom is -0.506 e. The highest BCUT2D eigenvalue weighted by molar-refractivity contribution is 6.46. The molecule has 31 heavy (non-hydrogen) atoms. The van der Waals surface area contributed by atoms with Crippen LogP contribution in [0.1, 0.15) is 17.2 Å². The predicted molar refractivity (Wildman–Crippen MR) is 113 cm³/mol. The Morgan fingerprint density at radius 1 is 0.935 bits per heavy atom. The van der Waals surface area contributed by atoms with E-state index in [4.69, 9.17) is 18.9 Å². The molecule has 3 rings (SSSR count). The second-order valence-electron chi connectivity index (χ2n) is 6.80. The van der Waals surface area contributed by atoms with Crippen LogP contribution in [0.4, 0.5) is 0 Å². The summed E-state index contributed by atoms with van der Waals surface area (Å²) in [5.41, 5.74) is 0.802. The Kier molecular flexibility index (Phi) is 6.81. The molecule has 1 amide bonds. The summed E-state index contributed by atoms with van der Waals surface area (Å²) in [6, 6.07) is 11.1. The summed E-state index contributed by atoms with van der Waals surface area (Å²) >= 11 is 0. The summed E-state index contributed by atoms with van der Waals surface area (Å²) in [7, 11) is 5.96. The molecule has 0 radical (unpaired) electrons. The number of Topliss-reactive ketones (excluding diaryl/α,β-unsaturated/α-hetero) is 1. The van der Waals surface area contributed by atoms with Gasteiger partial charge < -0.3 is 29.0 Å². The second kappa shape index (κ2) is 9.53. The van der Waals surface area contributed by atoms with Crippen LogP contribution in [0, 0.1) is 0 Å². The Labute approximate surface area is 180 Å². The first-order valence-electron chi connectivity index (χ1n) is 9.61. The number of aliphatic hydroxyl groups is 1. The van der Waals surface area contributed by atoms with Crippen LogP contribution >= 0.6 is 0 Å². The van der Waals surface area contributed by atoms with Gasteiger partial charge in [0.2, 0.25) is 0 Å². The number of hydrogen-bond donors (Lipinski definition) is 1. The summed E-state index contributed by atoms with van der Waals surface area (Å²) in [5, 5.41) is 11.3. The number of carbonyl (C=O) groups is 2. The Morgan fingerprint density at radius 2 is 1.55 bits per heavy atom. The summed E-state index contributed by atoms with van der Waals surface area (Å²) in [4.78, 5) is 27.3. The molecule has 0 spiro atoms. The minimum atomic E-state index is -0.810. The maximum absolute atomic E-state index is 13.0. The molecule has 1 unspecified atom stereocenters. The molecular weight excluding hydrogens is 402 g/mol.